The van der Waals surface area contributed by atoms with Crippen molar-refractivity contribution in [1.82, 2.24) is 0 Å². The van der Waals surface area contributed by atoms with Crippen LogP contribution in [0.1, 0.15) is 0 Å². The average Bonchev–Trinajstić information content (AvgIpc) is 2.83. The molecule has 0 nitrogen and oxygen atoms in total. The van der Waals surface area contributed by atoms with E-state index < -0.39 is 62.4 Å². The summed E-state index contributed by atoms with van der Waals surface area (Å²) < 4.78 is 115. The van der Waals surface area contributed by atoms with Crippen molar-refractivity contribution in [2.45, 2.75) is 0 Å². The van der Waals surface area contributed by atoms with Crippen LogP contribution in [-0.4, -0.2) is 0 Å². The van der Waals surface area contributed by atoms with Gasteiger partial charge in [-0.25, -0.2) is 35.1 Å². The van der Waals surface area contributed by atoms with E-state index in [0.29, 0.717) is 34.9 Å². The molecule has 0 saturated carbocycles. The molecule has 0 aromatic heterocycles. The highest BCUT2D eigenvalue weighted by Crippen LogP contribution is 2.40. The number of rotatable bonds is 6. The van der Waals surface area contributed by atoms with Gasteiger partial charge in [-0.15, -0.1) is 0 Å². The Morgan fingerprint density at radius 3 is 0.700 bits per heavy atom. The zero-order valence-corrected chi connectivity index (χ0v) is 21.9. The normalized spacial score (nSPS) is 11.4. The molecule has 0 aliphatic rings. The fourth-order valence-electron chi connectivity index (χ4n) is 4.37. The summed E-state index contributed by atoms with van der Waals surface area (Å²) in [5.41, 5.74) is 0. The highest BCUT2D eigenvalue weighted by molar-refractivity contribution is 7.85. The summed E-state index contributed by atoms with van der Waals surface area (Å²) in [5, 5.41) is 0.832. The van der Waals surface area contributed by atoms with Gasteiger partial charge in [-0.2, -0.15) is 0 Å². The standard InChI is InChI=1S/C30H16F8P2/c31-17-5-18(32)10-25(9-17)39(26-11-19(33)6-20(34)12-26)29-3-1-2-4-30(29)40(27-13-21(35)7-22(36)14-27)28-15-23(37)8-24(38)16-28/h1-16H. The van der Waals surface area contributed by atoms with Crippen LogP contribution in [0.4, 0.5) is 35.1 Å². The maximum absolute atomic E-state index is 14.4. The largest absolute Gasteiger partial charge is 0.207 e. The molecule has 40 heavy (non-hydrogen) atoms. The molecule has 5 aromatic rings. The smallest absolute Gasteiger partial charge is 0.126 e. The molecule has 0 aliphatic carbocycles. The van der Waals surface area contributed by atoms with Crippen molar-refractivity contribution in [3.05, 3.63) is 144 Å². The van der Waals surface area contributed by atoms with Gasteiger partial charge in [0.2, 0.25) is 0 Å². The predicted molar refractivity (Wildman–Crippen MR) is 144 cm³/mol. The van der Waals surface area contributed by atoms with Crippen LogP contribution in [0, 0.1) is 46.5 Å². The van der Waals surface area contributed by atoms with E-state index in [1.54, 1.807) is 24.3 Å². The first-order valence-corrected chi connectivity index (χ1v) is 14.3. The van der Waals surface area contributed by atoms with E-state index in [0.717, 1.165) is 48.5 Å². The van der Waals surface area contributed by atoms with E-state index in [1.807, 2.05) is 0 Å². The molecule has 0 radical (unpaired) electrons. The Kier molecular flexibility index (Phi) is 8.02. The molecule has 0 amide bonds. The Balaban J connectivity index is 1.84. The zero-order chi connectivity index (χ0) is 28.6. The van der Waals surface area contributed by atoms with E-state index in [2.05, 4.69) is 0 Å². The lowest BCUT2D eigenvalue weighted by Crippen LogP contribution is -2.35. The molecule has 202 valence electrons. The molecule has 0 aliphatic heterocycles. The molecule has 0 fully saturated rings. The highest BCUT2D eigenvalue weighted by Gasteiger charge is 2.28. The van der Waals surface area contributed by atoms with E-state index in [9.17, 15) is 35.1 Å². The molecular weight excluding hydrogens is 574 g/mol. The van der Waals surface area contributed by atoms with Crippen LogP contribution in [0.25, 0.3) is 0 Å². The zero-order valence-electron chi connectivity index (χ0n) is 20.2. The number of hydrogen-bond acceptors (Lipinski definition) is 0. The van der Waals surface area contributed by atoms with Gasteiger partial charge in [0.25, 0.3) is 0 Å². The summed E-state index contributed by atoms with van der Waals surface area (Å²) in [6, 6.07) is 17.1. The van der Waals surface area contributed by atoms with Gasteiger partial charge in [0.05, 0.1) is 0 Å². The van der Waals surface area contributed by atoms with Crippen molar-refractivity contribution in [1.29, 1.82) is 0 Å². The van der Waals surface area contributed by atoms with E-state index in [4.69, 9.17) is 0 Å². The van der Waals surface area contributed by atoms with Crippen LogP contribution in [-0.2, 0) is 0 Å². The number of hydrogen-bond donors (Lipinski definition) is 0. The minimum Gasteiger partial charge on any atom is -0.207 e. The summed E-state index contributed by atoms with van der Waals surface area (Å²) in [7, 11) is -4.19. The second-order valence-corrected chi connectivity index (χ2v) is 13.0. The van der Waals surface area contributed by atoms with Crippen molar-refractivity contribution in [2.24, 2.45) is 0 Å². The molecule has 0 heterocycles. The van der Waals surface area contributed by atoms with Gasteiger partial charge in [-0.1, -0.05) is 24.3 Å². The van der Waals surface area contributed by atoms with Gasteiger partial charge >= 0.3 is 0 Å². The number of halogens is 8. The minimum absolute atomic E-state index is 0.0516. The topological polar surface area (TPSA) is 0 Å². The van der Waals surface area contributed by atoms with Crippen molar-refractivity contribution < 1.29 is 35.1 Å². The molecule has 0 atom stereocenters. The Morgan fingerprint density at radius 2 is 0.500 bits per heavy atom. The maximum atomic E-state index is 14.4. The fraction of sp³-hybridized carbons (Fsp3) is 0. The molecule has 0 N–H and O–H groups in total. The van der Waals surface area contributed by atoms with Crippen LogP contribution < -0.4 is 31.8 Å². The summed E-state index contributed by atoms with van der Waals surface area (Å²) in [6.45, 7) is 0. The van der Waals surface area contributed by atoms with Crippen molar-refractivity contribution in [3.63, 3.8) is 0 Å². The Morgan fingerprint density at radius 1 is 0.300 bits per heavy atom. The Bertz CT molecular complexity index is 1410. The molecule has 10 heteroatoms. The Labute approximate surface area is 226 Å². The van der Waals surface area contributed by atoms with E-state index in [-0.39, 0.29) is 21.2 Å². The van der Waals surface area contributed by atoms with Crippen molar-refractivity contribution >= 4 is 47.7 Å². The van der Waals surface area contributed by atoms with Crippen LogP contribution in [0.3, 0.4) is 0 Å². The summed E-state index contributed by atoms with van der Waals surface area (Å²) in [5.74, 6) is -7.46. The third-order valence-electron chi connectivity index (χ3n) is 5.79. The lowest BCUT2D eigenvalue weighted by molar-refractivity contribution is 0.584. The van der Waals surface area contributed by atoms with Crippen LogP contribution >= 0.6 is 15.8 Å². The lowest BCUT2D eigenvalue weighted by atomic mass is 10.3. The SMILES string of the molecule is Fc1cc(F)cc(P(c2cc(F)cc(F)c2)c2ccccc2P(c2cc(F)cc(F)c2)c2cc(F)cc(F)c2)c1. The first kappa shape index (κ1) is 27.9. The second kappa shape index (κ2) is 11.5. The summed E-state index contributed by atoms with van der Waals surface area (Å²) >= 11 is 0. The Hall–Kier alpha value is -3.60. The lowest BCUT2D eigenvalue weighted by Gasteiger charge is -2.27. The quantitative estimate of drug-likeness (QED) is 0.161. The van der Waals surface area contributed by atoms with Gasteiger partial charge in [0, 0.05) is 24.3 Å². The summed E-state index contributed by atoms with van der Waals surface area (Å²) in [4.78, 5) is 0. The molecule has 0 saturated heterocycles. The van der Waals surface area contributed by atoms with Crippen molar-refractivity contribution in [3.8, 4) is 0 Å². The molecule has 5 aromatic carbocycles. The van der Waals surface area contributed by atoms with E-state index in [1.165, 1.54) is 0 Å². The van der Waals surface area contributed by atoms with Gasteiger partial charge < -0.3 is 0 Å². The fourth-order valence-corrected chi connectivity index (χ4v) is 9.78. The molecule has 5 rings (SSSR count). The van der Waals surface area contributed by atoms with Crippen LogP contribution in [0.15, 0.2) is 97.1 Å². The molecule has 0 bridgehead atoms. The monoisotopic (exact) mass is 590 g/mol. The third-order valence-corrected chi connectivity index (χ3v) is 10.8. The van der Waals surface area contributed by atoms with Crippen molar-refractivity contribution in [2.75, 3.05) is 0 Å². The molecule has 0 spiro atoms. The van der Waals surface area contributed by atoms with Crippen LogP contribution in [0.2, 0.25) is 0 Å². The van der Waals surface area contributed by atoms with Gasteiger partial charge in [0.15, 0.2) is 0 Å². The van der Waals surface area contributed by atoms with Gasteiger partial charge in [0.1, 0.15) is 46.5 Å². The van der Waals surface area contributed by atoms with Gasteiger partial charge in [-0.05, 0) is 96.2 Å². The minimum atomic E-state index is -2.09. The molecule has 0 unspecified atom stereocenters. The highest BCUT2D eigenvalue weighted by atomic mass is 31.1. The van der Waals surface area contributed by atoms with Gasteiger partial charge in [-0.3, -0.25) is 0 Å². The first-order valence-electron chi connectivity index (χ1n) is 11.6. The predicted octanol–water partition coefficient (Wildman–Crippen LogP) is 6.32. The molecular formula is C30H16F8P2. The second-order valence-electron chi connectivity index (χ2n) is 8.67. The summed E-state index contributed by atoms with van der Waals surface area (Å²) in [6.07, 6.45) is 0. The third kappa shape index (κ3) is 6.09. The number of benzene rings is 5. The maximum Gasteiger partial charge on any atom is 0.126 e. The van der Waals surface area contributed by atoms with E-state index >= 15 is 0 Å². The van der Waals surface area contributed by atoms with Crippen LogP contribution in [0.5, 0.6) is 0 Å². The average molecular weight is 590 g/mol. The first-order chi connectivity index (χ1) is 19.1.